The smallest absolute Gasteiger partial charge is 0.319 e. The highest BCUT2D eigenvalue weighted by atomic mass is 16.5. The van der Waals surface area contributed by atoms with Crippen molar-refractivity contribution < 1.29 is 24.1 Å². The molecule has 1 rings (SSSR count). The molecule has 0 aromatic heterocycles. The van der Waals surface area contributed by atoms with E-state index >= 15 is 0 Å². The fourth-order valence-corrected chi connectivity index (χ4v) is 1.78. The number of hydrogen-bond acceptors (Lipinski definition) is 5. The number of anilines is 1. The molecule has 1 aromatic carbocycles. The van der Waals surface area contributed by atoms with Crippen LogP contribution in [-0.4, -0.2) is 51.2 Å². The van der Waals surface area contributed by atoms with Crippen molar-refractivity contribution >= 4 is 11.7 Å². The fourth-order valence-electron chi connectivity index (χ4n) is 1.78. The summed E-state index contributed by atoms with van der Waals surface area (Å²) < 4.78 is 15.2. The predicted molar refractivity (Wildman–Crippen MR) is 79.1 cm³/mol. The van der Waals surface area contributed by atoms with E-state index in [0.717, 1.165) is 0 Å². The van der Waals surface area contributed by atoms with Crippen LogP contribution in [0.5, 0.6) is 11.5 Å². The number of para-hydroxylation sites is 1. The second kappa shape index (κ2) is 7.70. The number of urea groups is 1. The second-order valence-electron chi connectivity index (χ2n) is 4.78. The van der Waals surface area contributed by atoms with Crippen molar-refractivity contribution in [1.82, 2.24) is 5.32 Å². The Morgan fingerprint density at radius 3 is 2.57 bits per heavy atom. The van der Waals surface area contributed by atoms with Gasteiger partial charge in [0.05, 0.1) is 33.1 Å². The maximum absolute atomic E-state index is 11.9. The summed E-state index contributed by atoms with van der Waals surface area (Å²) in [4.78, 5) is 11.9. The lowest BCUT2D eigenvalue weighted by atomic mass is 10.1. The monoisotopic (exact) mass is 298 g/mol. The molecule has 0 fully saturated rings. The van der Waals surface area contributed by atoms with E-state index in [9.17, 15) is 9.90 Å². The number of benzene rings is 1. The Bertz CT molecular complexity index is 476. The van der Waals surface area contributed by atoms with Crippen LogP contribution in [0, 0.1) is 0 Å². The Balaban J connectivity index is 2.67. The summed E-state index contributed by atoms with van der Waals surface area (Å²) in [5.74, 6) is 0.945. The van der Waals surface area contributed by atoms with Crippen LogP contribution < -0.4 is 20.1 Å². The SMILES string of the molecule is COCC(C)(O)CNC(=O)Nc1cccc(OC)c1OC. The van der Waals surface area contributed by atoms with Crippen LogP contribution >= 0.6 is 0 Å². The lowest BCUT2D eigenvalue weighted by molar-refractivity contribution is -0.0133. The number of hydrogen-bond donors (Lipinski definition) is 3. The molecule has 0 saturated heterocycles. The molecular weight excluding hydrogens is 276 g/mol. The number of rotatable bonds is 7. The number of aliphatic hydroxyl groups is 1. The Morgan fingerprint density at radius 2 is 2.00 bits per heavy atom. The molecule has 0 aliphatic rings. The van der Waals surface area contributed by atoms with Crippen molar-refractivity contribution in [1.29, 1.82) is 0 Å². The number of carbonyl (C=O) groups is 1. The molecule has 0 radical (unpaired) electrons. The van der Waals surface area contributed by atoms with Gasteiger partial charge in [0.25, 0.3) is 0 Å². The van der Waals surface area contributed by atoms with Crippen molar-refractivity contribution in [2.75, 3.05) is 39.8 Å². The summed E-state index contributed by atoms with van der Waals surface area (Å²) in [6.45, 7) is 1.75. The summed E-state index contributed by atoms with van der Waals surface area (Å²) in [7, 11) is 4.49. The van der Waals surface area contributed by atoms with Crippen molar-refractivity contribution in [3.8, 4) is 11.5 Å². The highest BCUT2D eigenvalue weighted by molar-refractivity contribution is 5.91. The van der Waals surface area contributed by atoms with Crippen LogP contribution in [0.3, 0.4) is 0 Å². The molecule has 1 aromatic rings. The molecule has 1 unspecified atom stereocenters. The number of methoxy groups -OCH3 is 3. The van der Waals surface area contributed by atoms with Crippen molar-refractivity contribution in [2.45, 2.75) is 12.5 Å². The van der Waals surface area contributed by atoms with Gasteiger partial charge in [-0.25, -0.2) is 4.79 Å². The Labute approximate surface area is 124 Å². The summed E-state index contributed by atoms with van der Waals surface area (Å²) in [5, 5.41) is 15.1. The van der Waals surface area contributed by atoms with Gasteiger partial charge in [0.2, 0.25) is 0 Å². The van der Waals surface area contributed by atoms with E-state index in [0.29, 0.717) is 17.2 Å². The molecule has 2 amide bonds. The average molecular weight is 298 g/mol. The summed E-state index contributed by atoms with van der Waals surface area (Å²) in [6.07, 6.45) is 0. The van der Waals surface area contributed by atoms with Crippen LogP contribution in [0.1, 0.15) is 6.92 Å². The molecule has 0 spiro atoms. The van der Waals surface area contributed by atoms with Crippen molar-refractivity contribution in [3.63, 3.8) is 0 Å². The van der Waals surface area contributed by atoms with Crippen molar-refractivity contribution in [3.05, 3.63) is 18.2 Å². The highest BCUT2D eigenvalue weighted by Gasteiger charge is 2.21. The van der Waals surface area contributed by atoms with Crippen LogP contribution in [0.15, 0.2) is 18.2 Å². The number of amides is 2. The third kappa shape index (κ3) is 5.13. The van der Waals surface area contributed by atoms with E-state index in [1.807, 2.05) is 0 Å². The van der Waals surface area contributed by atoms with Crippen LogP contribution in [0.4, 0.5) is 10.5 Å². The van der Waals surface area contributed by atoms with Gasteiger partial charge in [-0.2, -0.15) is 0 Å². The molecule has 0 bridgehead atoms. The van der Waals surface area contributed by atoms with Crippen LogP contribution in [0.2, 0.25) is 0 Å². The maximum atomic E-state index is 11.9. The first-order valence-corrected chi connectivity index (χ1v) is 6.40. The van der Waals surface area contributed by atoms with Gasteiger partial charge >= 0.3 is 6.03 Å². The van der Waals surface area contributed by atoms with Gasteiger partial charge in [-0.3, -0.25) is 0 Å². The topological polar surface area (TPSA) is 89.1 Å². The highest BCUT2D eigenvalue weighted by Crippen LogP contribution is 2.34. The Morgan fingerprint density at radius 1 is 1.29 bits per heavy atom. The average Bonchev–Trinajstić information content (AvgIpc) is 2.45. The van der Waals surface area contributed by atoms with E-state index in [2.05, 4.69) is 10.6 Å². The summed E-state index contributed by atoms with van der Waals surface area (Å²) in [6, 6.07) is 4.69. The lowest BCUT2D eigenvalue weighted by Crippen LogP contribution is -2.45. The normalized spacial score (nSPS) is 13.2. The number of nitrogens with one attached hydrogen (secondary N) is 2. The Hall–Kier alpha value is -1.99. The summed E-state index contributed by atoms with van der Waals surface area (Å²) in [5.41, 5.74) is -0.661. The number of ether oxygens (including phenoxy) is 3. The molecule has 0 aliphatic carbocycles. The molecule has 1 atom stereocenters. The zero-order valence-corrected chi connectivity index (χ0v) is 12.7. The molecule has 7 heteroatoms. The fraction of sp³-hybridized carbons (Fsp3) is 0.500. The molecule has 3 N–H and O–H groups in total. The standard InChI is InChI=1S/C14H22N2O5/c1-14(18,9-19-2)8-15-13(17)16-10-6-5-7-11(20-3)12(10)21-4/h5-7,18H,8-9H2,1-4H3,(H2,15,16,17). The van der Waals surface area contributed by atoms with E-state index in [1.165, 1.54) is 21.3 Å². The van der Waals surface area contributed by atoms with E-state index in [4.69, 9.17) is 14.2 Å². The van der Waals surface area contributed by atoms with Crippen LogP contribution in [0.25, 0.3) is 0 Å². The quantitative estimate of drug-likeness (QED) is 0.704. The van der Waals surface area contributed by atoms with Crippen molar-refractivity contribution in [2.24, 2.45) is 0 Å². The minimum atomic E-state index is -1.13. The van der Waals surface area contributed by atoms with Gasteiger partial charge in [-0.05, 0) is 19.1 Å². The minimum Gasteiger partial charge on any atom is -0.493 e. The first kappa shape index (κ1) is 17.1. The summed E-state index contributed by atoms with van der Waals surface area (Å²) >= 11 is 0. The second-order valence-corrected chi connectivity index (χ2v) is 4.78. The maximum Gasteiger partial charge on any atom is 0.319 e. The van der Waals surface area contributed by atoms with Gasteiger partial charge in [0, 0.05) is 7.11 Å². The number of carbonyl (C=O) groups excluding carboxylic acids is 1. The van der Waals surface area contributed by atoms with E-state index in [-0.39, 0.29) is 13.2 Å². The molecule has 118 valence electrons. The van der Waals surface area contributed by atoms with Gasteiger partial charge in [-0.1, -0.05) is 6.07 Å². The van der Waals surface area contributed by atoms with E-state index in [1.54, 1.807) is 25.1 Å². The zero-order valence-electron chi connectivity index (χ0n) is 12.7. The first-order chi connectivity index (χ1) is 9.93. The third-order valence-corrected chi connectivity index (χ3v) is 2.74. The van der Waals surface area contributed by atoms with Gasteiger partial charge in [-0.15, -0.1) is 0 Å². The van der Waals surface area contributed by atoms with Gasteiger partial charge in [0.15, 0.2) is 11.5 Å². The molecule has 0 aliphatic heterocycles. The Kier molecular flexibility index (Phi) is 6.26. The molecule has 0 heterocycles. The molecule has 7 nitrogen and oxygen atoms in total. The van der Waals surface area contributed by atoms with Gasteiger partial charge < -0.3 is 30.0 Å². The van der Waals surface area contributed by atoms with Crippen LogP contribution in [-0.2, 0) is 4.74 Å². The largest absolute Gasteiger partial charge is 0.493 e. The third-order valence-electron chi connectivity index (χ3n) is 2.74. The molecule has 0 saturated carbocycles. The zero-order chi connectivity index (χ0) is 15.9. The lowest BCUT2D eigenvalue weighted by Gasteiger charge is -2.22. The predicted octanol–water partition coefficient (Wildman–Crippen LogP) is 1.22. The van der Waals surface area contributed by atoms with E-state index < -0.39 is 11.6 Å². The molecular formula is C14H22N2O5. The molecule has 21 heavy (non-hydrogen) atoms. The first-order valence-electron chi connectivity index (χ1n) is 6.40. The minimum absolute atomic E-state index is 0.0545. The van der Waals surface area contributed by atoms with Gasteiger partial charge in [0.1, 0.15) is 5.60 Å².